The van der Waals surface area contributed by atoms with Crippen LogP contribution in [0, 0.1) is 0 Å². The number of benzene rings is 1. The van der Waals surface area contributed by atoms with Crippen molar-refractivity contribution in [1.82, 2.24) is 0 Å². The normalized spacial score (nSPS) is 14.6. The van der Waals surface area contributed by atoms with E-state index in [4.69, 9.17) is 5.73 Å². The Balaban J connectivity index is 1.64. The molecule has 0 unspecified atom stereocenters. The molecule has 1 aromatic carbocycles. The Morgan fingerprint density at radius 1 is 1.25 bits per heavy atom. The minimum atomic E-state index is -3.15. The van der Waals surface area contributed by atoms with Gasteiger partial charge in [0.1, 0.15) is 4.21 Å². The summed E-state index contributed by atoms with van der Waals surface area (Å²) >= 11 is 1.25. The summed E-state index contributed by atoms with van der Waals surface area (Å²) in [6.07, 6.45) is 3.48. The zero-order valence-electron chi connectivity index (χ0n) is 13.6. The van der Waals surface area contributed by atoms with Crippen LogP contribution < -0.4 is 11.1 Å². The van der Waals surface area contributed by atoms with E-state index in [0.717, 1.165) is 23.4 Å². The van der Waals surface area contributed by atoms with Crippen molar-refractivity contribution in [3.05, 3.63) is 46.3 Å². The smallest absolute Gasteiger partial charge is 0.193 e. The van der Waals surface area contributed by atoms with Gasteiger partial charge in [-0.2, -0.15) is 0 Å². The first-order chi connectivity index (χ1) is 11.5. The van der Waals surface area contributed by atoms with Gasteiger partial charge >= 0.3 is 0 Å². The van der Waals surface area contributed by atoms with Crippen molar-refractivity contribution >= 4 is 32.8 Å². The third-order valence-corrected chi connectivity index (χ3v) is 7.49. The van der Waals surface area contributed by atoms with Gasteiger partial charge in [0.15, 0.2) is 15.8 Å². The number of guanidine groups is 1. The molecule has 0 radical (unpaired) electrons. The molecule has 128 valence electrons. The van der Waals surface area contributed by atoms with Gasteiger partial charge in [-0.25, -0.2) is 13.4 Å². The third-order valence-electron chi connectivity index (χ3n) is 4.10. The van der Waals surface area contributed by atoms with E-state index in [-0.39, 0.29) is 5.75 Å². The Labute approximate surface area is 146 Å². The van der Waals surface area contributed by atoms with Gasteiger partial charge in [0.2, 0.25) is 0 Å². The number of thiophene rings is 1. The zero-order chi connectivity index (χ0) is 17.2. The fourth-order valence-corrected chi connectivity index (χ4v) is 5.15. The lowest BCUT2D eigenvalue weighted by Crippen LogP contribution is -2.22. The first-order valence-corrected chi connectivity index (χ1v) is 10.4. The van der Waals surface area contributed by atoms with Crippen LogP contribution in [0.1, 0.15) is 29.3 Å². The molecule has 1 aliphatic rings. The zero-order valence-corrected chi connectivity index (χ0v) is 15.2. The lowest BCUT2D eigenvalue weighted by molar-refractivity contribution is 0.599. The number of nitrogens with two attached hydrogens (primary N) is 1. The maximum Gasteiger partial charge on any atom is 0.193 e. The number of aryl methyl sites for hydroxylation is 2. The summed E-state index contributed by atoms with van der Waals surface area (Å²) in [5.41, 5.74) is 9.68. The topological polar surface area (TPSA) is 84.5 Å². The first kappa shape index (κ1) is 17.0. The number of rotatable bonds is 5. The number of sulfone groups is 1. The molecule has 0 saturated heterocycles. The van der Waals surface area contributed by atoms with Gasteiger partial charge in [-0.1, -0.05) is 13.0 Å². The summed E-state index contributed by atoms with van der Waals surface area (Å²) in [4.78, 5) is 5.18. The molecule has 7 heteroatoms. The largest absolute Gasteiger partial charge is 0.370 e. The molecule has 1 aliphatic carbocycles. The van der Waals surface area contributed by atoms with Crippen molar-refractivity contribution in [2.75, 3.05) is 11.1 Å². The molecule has 0 saturated carbocycles. The molecule has 0 spiro atoms. The molecule has 3 N–H and O–H groups in total. The van der Waals surface area contributed by atoms with Crippen molar-refractivity contribution in [3.8, 4) is 0 Å². The summed E-state index contributed by atoms with van der Waals surface area (Å²) in [6.45, 7) is 2.01. The van der Waals surface area contributed by atoms with Crippen LogP contribution >= 0.6 is 11.3 Å². The molecular formula is C17H21N3O2S2. The van der Waals surface area contributed by atoms with Crippen LogP contribution in [0.4, 0.5) is 5.69 Å². The molecule has 0 atom stereocenters. The van der Waals surface area contributed by atoms with E-state index in [0.29, 0.717) is 16.7 Å². The number of nitrogens with zero attached hydrogens (tertiary/aromatic N) is 1. The molecule has 5 nitrogen and oxygen atoms in total. The van der Waals surface area contributed by atoms with Crippen LogP contribution in [0.2, 0.25) is 0 Å². The molecule has 1 heterocycles. The second-order valence-corrected chi connectivity index (χ2v) is 9.46. The molecule has 0 bridgehead atoms. The lowest BCUT2D eigenvalue weighted by Gasteiger charge is -2.07. The third kappa shape index (κ3) is 3.79. The summed E-state index contributed by atoms with van der Waals surface area (Å²) in [5.74, 6) is 0.444. The highest BCUT2D eigenvalue weighted by molar-refractivity contribution is 7.93. The minimum absolute atomic E-state index is 0.109. The molecule has 0 aliphatic heterocycles. The number of anilines is 1. The average molecular weight is 364 g/mol. The van der Waals surface area contributed by atoms with Gasteiger partial charge in [-0.05, 0) is 54.7 Å². The van der Waals surface area contributed by atoms with Crippen LogP contribution in [0.5, 0.6) is 0 Å². The molecule has 1 aromatic heterocycles. The second kappa shape index (κ2) is 6.94. The first-order valence-electron chi connectivity index (χ1n) is 7.98. The van der Waals surface area contributed by atoms with Gasteiger partial charge in [-0.3, -0.25) is 0 Å². The van der Waals surface area contributed by atoms with Gasteiger partial charge < -0.3 is 11.1 Å². The van der Waals surface area contributed by atoms with Crippen LogP contribution in [-0.4, -0.2) is 20.1 Å². The monoisotopic (exact) mass is 363 g/mol. The van der Waals surface area contributed by atoms with Crippen LogP contribution in [0.3, 0.4) is 0 Å². The molecule has 3 rings (SSSR count). The van der Waals surface area contributed by atoms with Crippen LogP contribution in [0.15, 0.2) is 39.5 Å². The number of nitrogens with one attached hydrogen (secondary N) is 1. The molecule has 0 fully saturated rings. The van der Waals surface area contributed by atoms with Gasteiger partial charge in [0.25, 0.3) is 0 Å². The van der Waals surface area contributed by atoms with Gasteiger partial charge in [0.05, 0.1) is 12.3 Å². The van der Waals surface area contributed by atoms with Crippen molar-refractivity contribution in [3.63, 3.8) is 0 Å². The summed E-state index contributed by atoms with van der Waals surface area (Å²) in [5, 5.41) is 3.10. The van der Waals surface area contributed by atoms with E-state index >= 15 is 0 Å². The summed E-state index contributed by atoms with van der Waals surface area (Å²) < 4.78 is 24.0. The maximum atomic E-state index is 11.8. The van der Waals surface area contributed by atoms with Crippen LogP contribution in [0.25, 0.3) is 0 Å². The Morgan fingerprint density at radius 3 is 2.83 bits per heavy atom. The highest BCUT2D eigenvalue weighted by atomic mass is 32.2. The second-order valence-electron chi connectivity index (χ2n) is 5.79. The fraction of sp³-hybridized carbons (Fsp3) is 0.353. The van der Waals surface area contributed by atoms with E-state index in [1.54, 1.807) is 19.1 Å². The quantitative estimate of drug-likeness (QED) is 0.632. The van der Waals surface area contributed by atoms with E-state index in [1.807, 2.05) is 6.07 Å². The van der Waals surface area contributed by atoms with Crippen molar-refractivity contribution < 1.29 is 8.42 Å². The molecule has 0 amide bonds. The minimum Gasteiger partial charge on any atom is -0.370 e. The predicted octanol–water partition coefficient (Wildman–Crippen LogP) is 2.96. The molecular weight excluding hydrogens is 342 g/mol. The predicted molar refractivity (Wildman–Crippen MR) is 99.5 cm³/mol. The highest BCUT2D eigenvalue weighted by Gasteiger charge is 2.14. The average Bonchev–Trinajstić information content (AvgIpc) is 3.22. The fourth-order valence-electron chi connectivity index (χ4n) is 2.75. The summed E-state index contributed by atoms with van der Waals surface area (Å²) in [6, 6.07) is 9.71. The number of aliphatic imine (C=N–C) groups is 1. The number of hydrogen-bond donors (Lipinski definition) is 2. The lowest BCUT2D eigenvalue weighted by atomic mass is 10.1. The highest BCUT2D eigenvalue weighted by Crippen LogP contribution is 2.25. The Bertz CT molecular complexity index is 870. The van der Waals surface area contributed by atoms with Crippen LogP contribution in [-0.2, 0) is 29.2 Å². The molecule has 2 aromatic rings. The van der Waals surface area contributed by atoms with Crippen molar-refractivity contribution in [2.45, 2.75) is 36.9 Å². The van der Waals surface area contributed by atoms with E-state index in [2.05, 4.69) is 22.4 Å². The van der Waals surface area contributed by atoms with Gasteiger partial charge in [0, 0.05) is 10.6 Å². The van der Waals surface area contributed by atoms with Crippen molar-refractivity contribution in [2.24, 2.45) is 10.7 Å². The SMILES string of the molecule is CCS(=O)(=O)c1ccc(CN=C(N)Nc2ccc3c(c2)CCC3)s1. The Morgan fingerprint density at radius 2 is 2.04 bits per heavy atom. The van der Waals surface area contributed by atoms with Crippen molar-refractivity contribution in [1.29, 1.82) is 0 Å². The maximum absolute atomic E-state index is 11.8. The van der Waals surface area contributed by atoms with E-state index in [1.165, 1.54) is 28.9 Å². The number of hydrogen-bond acceptors (Lipinski definition) is 4. The summed E-state index contributed by atoms with van der Waals surface area (Å²) in [7, 11) is -3.15. The number of fused-ring (bicyclic) bond motifs is 1. The van der Waals surface area contributed by atoms with E-state index < -0.39 is 9.84 Å². The molecule has 24 heavy (non-hydrogen) atoms. The standard InChI is InChI=1S/C17H21N3O2S2/c1-2-24(21,22)16-9-8-15(23-16)11-19-17(18)20-14-7-6-12-4-3-5-13(12)10-14/h6-10H,2-5,11H2,1H3,(H3,18,19,20). The Hall–Kier alpha value is -1.86. The Kier molecular flexibility index (Phi) is 4.91. The van der Waals surface area contributed by atoms with E-state index in [9.17, 15) is 8.42 Å². The van der Waals surface area contributed by atoms with Gasteiger partial charge in [-0.15, -0.1) is 11.3 Å².